The van der Waals surface area contributed by atoms with E-state index in [1.54, 1.807) is 12.1 Å². The molecule has 0 unspecified atom stereocenters. The summed E-state index contributed by atoms with van der Waals surface area (Å²) < 4.78 is 1.29. The van der Waals surface area contributed by atoms with Gasteiger partial charge < -0.3 is 5.32 Å². The summed E-state index contributed by atoms with van der Waals surface area (Å²) in [6, 6.07) is 3.39. The van der Waals surface area contributed by atoms with Gasteiger partial charge >= 0.3 is 0 Å². The van der Waals surface area contributed by atoms with Crippen molar-refractivity contribution in [1.82, 2.24) is 10.3 Å². The van der Waals surface area contributed by atoms with E-state index in [1.165, 1.54) is 0 Å². The van der Waals surface area contributed by atoms with Crippen molar-refractivity contribution in [3.63, 3.8) is 0 Å². The molecule has 1 aromatic heterocycles. The van der Waals surface area contributed by atoms with Crippen molar-refractivity contribution in [2.75, 3.05) is 6.54 Å². The van der Waals surface area contributed by atoms with E-state index in [1.807, 2.05) is 0 Å². The number of amides is 1. The molecular formula is C10H12Br2N2O. The van der Waals surface area contributed by atoms with Crippen molar-refractivity contribution >= 4 is 37.8 Å². The molecule has 1 rings (SSSR count). The largest absolute Gasteiger partial charge is 0.352 e. The molecule has 0 aliphatic rings. The quantitative estimate of drug-likeness (QED) is 0.863. The number of pyridine rings is 1. The van der Waals surface area contributed by atoms with Crippen molar-refractivity contribution in [2.24, 2.45) is 5.92 Å². The van der Waals surface area contributed by atoms with Gasteiger partial charge in [0, 0.05) is 12.1 Å². The highest BCUT2D eigenvalue weighted by Gasteiger charge is 2.08. The van der Waals surface area contributed by atoms with Gasteiger partial charge in [0.25, 0.3) is 5.91 Å². The lowest BCUT2D eigenvalue weighted by atomic mass is 10.2. The van der Waals surface area contributed by atoms with Gasteiger partial charge in [-0.05, 0) is 49.9 Å². The van der Waals surface area contributed by atoms with Crippen molar-refractivity contribution in [1.29, 1.82) is 0 Å². The number of carbonyl (C=O) groups excluding carboxylic acids is 1. The van der Waals surface area contributed by atoms with Crippen LogP contribution in [0.5, 0.6) is 0 Å². The molecule has 1 aromatic rings. The third-order valence-electron chi connectivity index (χ3n) is 1.70. The van der Waals surface area contributed by atoms with E-state index in [0.717, 1.165) is 0 Å². The fraction of sp³-hybridized carbons (Fsp3) is 0.400. The number of carbonyl (C=O) groups is 1. The van der Waals surface area contributed by atoms with Crippen LogP contribution >= 0.6 is 31.9 Å². The Morgan fingerprint density at radius 3 is 2.40 bits per heavy atom. The number of nitrogens with one attached hydrogen (secondary N) is 1. The van der Waals surface area contributed by atoms with Gasteiger partial charge in [-0.25, -0.2) is 4.98 Å². The van der Waals surface area contributed by atoms with Gasteiger partial charge in [0.15, 0.2) is 0 Å². The van der Waals surface area contributed by atoms with Crippen molar-refractivity contribution in [2.45, 2.75) is 13.8 Å². The van der Waals surface area contributed by atoms with Gasteiger partial charge in [-0.1, -0.05) is 13.8 Å². The van der Waals surface area contributed by atoms with Crippen molar-refractivity contribution in [3.05, 3.63) is 26.9 Å². The van der Waals surface area contributed by atoms with Gasteiger partial charge in [0.05, 0.1) is 0 Å². The van der Waals surface area contributed by atoms with Crippen LogP contribution in [0.2, 0.25) is 0 Å². The fourth-order valence-electron chi connectivity index (χ4n) is 0.995. The molecule has 0 aliphatic heterocycles. The smallest absolute Gasteiger partial charge is 0.251 e. The second-order valence-corrected chi connectivity index (χ2v) is 5.23. The van der Waals surface area contributed by atoms with E-state index in [0.29, 0.717) is 27.2 Å². The fourth-order valence-corrected chi connectivity index (χ4v) is 2.11. The van der Waals surface area contributed by atoms with Crippen LogP contribution in [0.4, 0.5) is 0 Å². The molecule has 1 heterocycles. The maximum Gasteiger partial charge on any atom is 0.251 e. The summed E-state index contributed by atoms with van der Waals surface area (Å²) in [6.45, 7) is 4.79. The normalized spacial score (nSPS) is 10.5. The second-order valence-electron chi connectivity index (χ2n) is 3.61. The van der Waals surface area contributed by atoms with Crippen molar-refractivity contribution in [3.8, 4) is 0 Å². The third-order valence-corrected chi connectivity index (χ3v) is 2.51. The summed E-state index contributed by atoms with van der Waals surface area (Å²) in [4.78, 5) is 15.7. The lowest BCUT2D eigenvalue weighted by molar-refractivity contribution is 0.0948. The highest BCUT2D eigenvalue weighted by molar-refractivity contribution is 9.11. The van der Waals surface area contributed by atoms with E-state index in [2.05, 4.69) is 56.0 Å². The van der Waals surface area contributed by atoms with Crippen LogP contribution in [-0.2, 0) is 0 Å². The van der Waals surface area contributed by atoms with Crippen LogP contribution in [0, 0.1) is 5.92 Å². The molecule has 82 valence electrons. The molecule has 1 N–H and O–H groups in total. The lowest BCUT2D eigenvalue weighted by Gasteiger charge is -2.07. The molecule has 0 fully saturated rings. The van der Waals surface area contributed by atoms with Gasteiger partial charge in [-0.15, -0.1) is 0 Å². The first kappa shape index (κ1) is 12.6. The minimum atomic E-state index is -0.0764. The van der Waals surface area contributed by atoms with Crippen LogP contribution in [0.3, 0.4) is 0 Å². The van der Waals surface area contributed by atoms with Gasteiger partial charge in [-0.2, -0.15) is 0 Å². The van der Waals surface area contributed by atoms with Gasteiger partial charge in [-0.3, -0.25) is 4.79 Å². The number of halogens is 2. The van der Waals surface area contributed by atoms with E-state index in [-0.39, 0.29) is 5.91 Å². The van der Waals surface area contributed by atoms with E-state index in [4.69, 9.17) is 0 Å². The molecule has 0 atom stereocenters. The topological polar surface area (TPSA) is 42.0 Å². The van der Waals surface area contributed by atoms with Crippen LogP contribution in [0.25, 0.3) is 0 Å². The van der Waals surface area contributed by atoms with Crippen LogP contribution in [0.1, 0.15) is 24.2 Å². The monoisotopic (exact) mass is 334 g/mol. The summed E-state index contributed by atoms with van der Waals surface area (Å²) in [6.07, 6.45) is 0. The van der Waals surface area contributed by atoms with E-state index in [9.17, 15) is 4.79 Å². The average molecular weight is 336 g/mol. The van der Waals surface area contributed by atoms with Crippen LogP contribution < -0.4 is 5.32 Å². The first-order chi connectivity index (χ1) is 6.99. The number of aromatic nitrogens is 1. The number of rotatable bonds is 3. The lowest BCUT2D eigenvalue weighted by Crippen LogP contribution is -2.27. The summed E-state index contributed by atoms with van der Waals surface area (Å²) in [7, 11) is 0. The number of hydrogen-bond donors (Lipinski definition) is 1. The Kier molecular flexibility index (Phi) is 4.73. The van der Waals surface area contributed by atoms with Crippen LogP contribution in [0.15, 0.2) is 21.3 Å². The summed E-state index contributed by atoms with van der Waals surface area (Å²) >= 11 is 6.48. The predicted octanol–water partition coefficient (Wildman–Crippen LogP) is 2.99. The molecule has 0 spiro atoms. The first-order valence-corrected chi connectivity index (χ1v) is 6.19. The minimum absolute atomic E-state index is 0.0764. The maximum absolute atomic E-state index is 11.7. The molecule has 0 radical (unpaired) electrons. The Labute approximate surface area is 106 Å². The summed E-state index contributed by atoms with van der Waals surface area (Å²) in [5.74, 6) is 0.371. The molecule has 0 bridgehead atoms. The molecule has 15 heavy (non-hydrogen) atoms. The number of hydrogen-bond acceptors (Lipinski definition) is 2. The minimum Gasteiger partial charge on any atom is -0.352 e. The summed E-state index contributed by atoms with van der Waals surface area (Å²) in [5.41, 5.74) is 0.601. The molecule has 1 amide bonds. The molecular weight excluding hydrogens is 324 g/mol. The Morgan fingerprint density at radius 1 is 1.40 bits per heavy atom. The Hall–Kier alpha value is -0.420. The van der Waals surface area contributed by atoms with E-state index < -0.39 is 0 Å². The SMILES string of the molecule is CC(C)CNC(=O)c1cc(Br)nc(Br)c1. The number of nitrogens with zero attached hydrogens (tertiary/aromatic N) is 1. The molecule has 5 heteroatoms. The summed E-state index contributed by atoms with van der Waals surface area (Å²) in [5, 5.41) is 2.84. The Balaban J connectivity index is 2.73. The molecule has 0 saturated heterocycles. The molecule has 3 nitrogen and oxygen atoms in total. The highest BCUT2D eigenvalue weighted by Crippen LogP contribution is 2.15. The van der Waals surface area contributed by atoms with Crippen LogP contribution in [-0.4, -0.2) is 17.4 Å². The molecule has 0 aromatic carbocycles. The average Bonchev–Trinajstić information content (AvgIpc) is 2.12. The third kappa shape index (κ3) is 4.30. The molecule has 0 aliphatic carbocycles. The Morgan fingerprint density at radius 2 is 1.93 bits per heavy atom. The van der Waals surface area contributed by atoms with Gasteiger partial charge in [0.1, 0.15) is 9.21 Å². The molecule has 0 saturated carbocycles. The zero-order valence-corrected chi connectivity index (χ0v) is 11.7. The standard InChI is InChI=1S/C10H12Br2N2O/c1-6(2)5-13-10(15)7-3-8(11)14-9(12)4-7/h3-4,6H,5H2,1-2H3,(H,13,15). The zero-order chi connectivity index (χ0) is 11.4. The van der Waals surface area contributed by atoms with Crippen molar-refractivity contribution < 1.29 is 4.79 Å². The zero-order valence-electron chi connectivity index (χ0n) is 8.55. The van der Waals surface area contributed by atoms with E-state index >= 15 is 0 Å². The first-order valence-electron chi connectivity index (χ1n) is 4.60. The van der Waals surface area contributed by atoms with Gasteiger partial charge in [0.2, 0.25) is 0 Å². The highest BCUT2D eigenvalue weighted by atomic mass is 79.9. The predicted molar refractivity (Wildman–Crippen MR) is 66.8 cm³/mol. The maximum atomic E-state index is 11.7. The second kappa shape index (κ2) is 5.61. The Bertz CT molecular complexity index is 346.